The fourth-order valence-corrected chi connectivity index (χ4v) is 1.69. The Morgan fingerprint density at radius 1 is 1.29 bits per heavy atom. The van der Waals surface area contributed by atoms with Crippen molar-refractivity contribution in [3.05, 3.63) is 48.2 Å². The Morgan fingerprint density at radius 3 is 2.86 bits per heavy atom. The van der Waals surface area contributed by atoms with Crippen molar-refractivity contribution in [2.75, 3.05) is 19.0 Å². The molecule has 0 fully saturated rings. The highest BCUT2D eigenvalue weighted by Gasteiger charge is 2.05. The van der Waals surface area contributed by atoms with Crippen molar-refractivity contribution in [2.24, 2.45) is 5.73 Å². The third-order valence-electron chi connectivity index (χ3n) is 2.74. The fourth-order valence-electron chi connectivity index (χ4n) is 1.69. The lowest BCUT2D eigenvalue weighted by molar-refractivity contribution is -0.118. The average molecular weight is 287 g/mol. The number of benzene rings is 1. The highest BCUT2D eigenvalue weighted by molar-refractivity contribution is 5.91. The van der Waals surface area contributed by atoms with Crippen LogP contribution in [-0.2, 0) is 11.3 Å². The zero-order valence-electron chi connectivity index (χ0n) is 11.7. The number of carbonyl (C=O) groups is 1. The van der Waals surface area contributed by atoms with Crippen LogP contribution in [0, 0.1) is 0 Å². The summed E-state index contributed by atoms with van der Waals surface area (Å²) in [7, 11) is 1.57. The van der Waals surface area contributed by atoms with Crippen molar-refractivity contribution < 1.29 is 14.3 Å². The van der Waals surface area contributed by atoms with E-state index < -0.39 is 0 Å². The minimum atomic E-state index is -0.292. The standard InChI is InChI=1S/C15H17N3O3/c1-20-12-3-2-4-13(8-12)21-10-15(19)18-14-7-11(9-16)5-6-17-14/h2-8H,9-10,16H2,1H3,(H,17,18,19). The van der Waals surface area contributed by atoms with Crippen LogP contribution in [0.15, 0.2) is 42.6 Å². The maximum atomic E-state index is 11.8. The molecular weight excluding hydrogens is 270 g/mol. The van der Waals surface area contributed by atoms with E-state index >= 15 is 0 Å². The van der Waals surface area contributed by atoms with Gasteiger partial charge in [0.2, 0.25) is 0 Å². The first-order valence-corrected chi connectivity index (χ1v) is 6.43. The van der Waals surface area contributed by atoms with E-state index in [-0.39, 0.29) is 12.5 Å². The second-order valence-corrected chi connectivity index (χ2v) is 4.27. The van der Waals surface area contributed by atoms with Gasteiger partial charge < -0.3 is 20.5 Å². The molecule has 110 valence electrons. The third-order valence-corrected chi connectivity index (χ3v) is 2.74. The van der Waals surface area contributed by atoms with Gasteiger partial charge in [0.05, 0.1) is 7.11 Å². The molecule has 0 spiro atoms. The van der Waals surface area contributed by atoms with Gasteiger partial charge in [-0.2, -0.15) is 0 Å². The van der Waals surface area contributed by atoms with Crippen LogP contribution in [-0.4, -0.2) is 24.6 Å². The van der Waals surface area contributed by atoms with E-state index in [2.05, 4.69) is 10.3 Å². The average Bonchev–Trinajstić information content (AvgIpc) is 2.53. The van der Waals surface area contributed by atoms with Crippen molar-refractivity contribution in [2.45, 2.75) is 6.54 Å². The van der Waals surface area contributed by atoms with Crippen molar-refractivity contribution in [1.82, 2.24) is 4.98 Å². The first-order chi connectivity index (χ1) is 10.2. The normalized spacial score (nSPS) is 10.0. The number of pyridine rings is 1. The lowest BCUT2D eigenvalue weighted by Crippen LogP contribution is -2.20. The number of methoxy groups -OCH3 is 1. The molecule has 3 N–H and O–H groups in total. The van der Waals surface area contributed by atoms with E-state index in [1.54, 1.807) is 49.7 Å². The molecule has 6 nitrogen and oxygen atoms in total. The number of nitrogens with zero attached hydrogens (tertiary/aromatic N) is 1. The fraction of sp³-hybridized carbons (Fsp3) is 0.200. The Balaban J connectivity index is 1.89. The molecule has 0 saturated carbocycles. The minimum Gasteiger partial charge on any atom is -0.497 e. The van der Waals surface area contributed by atoms with Crippen LogP contribution in [0.25, 0.3) is 0 Å². The number of hydrogen-bond acceptors (Lipinski definition) is 5. The molecule has 6 heteroatoms. The molecule has 1 heterocycles. The number of amides is 1. The molecule has 0 atom stereocenters. The summed E-state index contributed by atoms with van der Waals surface area (Å²) in [4.78, 5) is 15.8. The quantitative estimate of drug-likeness (QED) is 0.842. The molecule has 2 aromatic rings. The van der Waals surface area contributed by atoms with E-state index in [1.807, 2.05) is 0 Å². The molecule has 0 radical (unpaired) electrons. The summed E-state index contributed by atoms with van der Waals surface area (Å²) in [5.41, 5.74) is 6.43. The zero-order valence-corrected chi connectivity index (χ0v) is 11.7. The van der Waals surface area contributed by atoms with Gasteiger partial charge in [0.25, 0.3) is 5.91 Å². The highest BCUT2D eigenvalue weighted by Crippen LogP contribution is 2.18. The zero-order chi connectivity index (χ0) is 15.1. The van der Waals surface area contributed by atoms with Gasteiger partial charge in [0, 0.05) is 18.8 Å². The van der Waals surface area contributed by atoms with Crippen molar-refractivity contribution in [3.8, 4) is 11.5 Å². The number of nitrogens with one attached hydrogen (secondary N) is 1. The topological polar surface area (TPSA) is 86.5 Å². The van der Waals surface area contributed by atoms with Crippen LogP contribution in [0.4, 0.5) is 5.82 Å². The first kappa shape index (κ1) is 14.8. The van der Waals surface area contributed by atoms with Gasteiger partial charge in [-0.25, -0.2) is 4.98 Å². The lowest BCUT2D eigenvalue weighted by Gasteiger charge is -2.08. The monoisotopic (exact) mass is 287 g/mol. The first-order valence-electron chi connectivity index (χ1n) is 6.43. The van der Waals surface area contributed by atoms with Crippen molar-refractivity contribution >= 4 is 11.7 Å². The maximum absolute atomic E-state index is 11.8. The summed E-state index contributed by atoms with van der Waals surface area (Å²) in [5, 5.41) is 2.65. The molecular formula is C15H17N3O3. The van der Waals surface area contributed by atoms with Gasteiger partial charge in [-0.15, -0.1) is 0 Å². The van der Waals surface area contributed by atoms with Gasteiger partial charge in [-0.1, -0.05) is 6.07 Å². The molecule has 1 aromatic heterocycles. The smallest absolute Gasteiger partial charge is 0.263 e. The van der Waals surface area contributed by atoms with E-state index in [0.717, 1.165) is 5.56 Å². The molecule has 1 aromatic carbocycles. The number of nitrogens with two attached hydrogens (primary N) is 1. The van der Waals surface area contributed by atoms with Crippen LogP contribution in [0.2, 0.25) is 0 Å². The molecule has 21 heavy (non-hydrogen) atoms. The number of anilines is 1. The largest absolute Gasteiger partial charge is 0.497 e. The number of aromatic nitrogens is 1. The van der Waals surface area contributed by atoms with E-state index in [4.69, 9.17) is 15.2 Å². The summed E-state index contributed by atoms with van der Waals surface area (Å²) in [6.07, 6.45) is 1.60. The Kier molecular flexibility index (Phi) is 5.11. The molecule has 0 aliphatic rings. The third kappa shape index (κ3) is 4.47. The van der Waals surface area contributed by atoms with Crippen LogP contribution >= 0.6 is 0 Å². The Hall–Kier alpha value is -2.60. The van der Waals surface area contributed by atoms with E-state index in [1.165, 1.54) is 0 Å². The SMILES string of the molecule is COc1cccc(OCC(=O)Nc2cc(CN)ccn2)c1. The predicted octanol–water partition coefficient (Wildman–Crippen LogP) is 1.57. The summed E-state index contributed by atoms with van der Waals surface area (Å²) in [5.74, 6) is 1.40. The number of carbonyl (C=O) groups excluding carboxylic acids is 1. The predicted molar refractivity (Wildman–Crippen MR) is 79.2 cm³/mol. The Morgan fingerprint density at radius 2 is 2.10 bits per heavy atom. The van der Waals surface area contributed by atoms with Gasteiger partial charge in [0.15, 0.2) is 6.61 Å². The molecule has 1 amide bonds. The molecule has 0 unspecified atom stereocenters. The summed E-state index contributed by atoms with van der Waals surface area (Å²) in [6, 6.07) is 10.6. The van der Waals surface area contributed by atoms with E-state index in [9.17, 15) is 4.79 Å². The summed E-state index contributed by atoms with van der Waals surface area (Å²) >= 11 is 0. The second-order valence-electron chi connectivity index (χ2n) is 4.27. The summed E-state index contributed by atoms with van der Waals surface area (Å²) in [6.45, 7) is 0.285. The van der Waals surface area contributed by atoms with Crippen LogP contribution in [0.5, 0.6) is 11.5 Å². The van der Waals surface area contributed by atoms with Gasteiger partial charge in [-0.05, 0) is 29.8 Å². The van der Waals surface area contributed by atoms with Gasteiger partial charge in [0.1, 0.15) is 17.3 Å². The summed E-state index contributed by atoms with van der Waals surface area (Å²) < 4.78 is 10.5. The molecule has 0 aliphatic heterocycles. The highest BCUT2D eigenvalue weighted by atomic mass is 16.5. The molecule has 0 saturated heterocycles. The Labute approximate surface area is 122 Å². The van der Waals surface area contributed by atoms with Crippen LogP contribution in [0.1, 0.15) is 5.56 Å². The van der Waals surface area contributed by atoms with Crippen LogP contribution < -0.4 is 20.5 Å². The molecule has 0 bridgehead atoms. The molecule has 0 aliphatic carbocycles. The Bertz CT molecular complexity index is 617. The number of ether oxygens (including phenoxy) is 2. The minimum absolute atomic E-state index is 0.109. The number of rotatable bonds is 6. The maximum Gasteiger partial charge on any atom is 0.263 e. The van der Waals surface area contributed by atoms with Crippen LogP contribution in [0.3, 0.4) is 0 Å². The van der Waals surface area contributed by atoms with E-state index in [0.29, 0.717) is 23.9 Å². The lowest BCUT2D eigenvalue weighted by atomic mass is 10.2. The van der Waals surface area contributed by atoms with Crippen molar-refractivity contribution in [1.29, 1.82) is 0 Å². The van der Waals surface area contributed by atoms with Gasteiger partial charge in [-0.3, -0.25) is 4.79 Å². The number of hydrogen-bond donors (Lipinski definition) is 2. The second kappa shape index (κ2) is 7.25. The van der Waals surface area contributed by atoms with Gasteiger partial charge >= 0.3 is 0 Å². The molecule has 2 rings (SSSR count). The van der Waals surface area contributed by atoms with Crippen molar-refractivity contribution in [3.63, 3.8) is 0 Å².